The first kappa shape index (κ1) is 16.1. The van der Waals surface area contributed by atoms with Crippen LogP contribution in [0.4, 0.5) is 0 Å². The highest BCUT2D eigenvalue weighted by Gasteiger charge is 2.48. The van der Waals surface area contributed by atoms with Crippen molar-refractivity contribution >= 4 is 11.0 Å². The van der Waals surface area contributed by atoms with Gasteiger partial charge in [-0.2, -0.15) is 0 Å². The maximum Gasteiger partial charge on any atom is 0.134 e. The Balaban J connectivity index is 1.39. The van der Waals surface area contributed by atoms with Gasteiger partial charge in [0.25, 0.3) is 0 Å². The fourth-order valence-corrected chi connectivity index (χ4v) is 4.03. The second-order valence-corrected chi connectivity index (χ2v) is 7.57. The van der Waals surface area contributed by atoms with Crippen molar-refractivity contribution in [3.8, 4) is 0 Å². The largest absolute Gasteiger partial charge is 0.460 e. The highest BCUT2D eigenvalue weighted by atomic mass is 16.5. The Morgan fingerprint density at radius 3 is 2.71 bits per heavy atom. The molecule has 4 rings (SSSR count). The first-order valence-electron chi connectivity index (χ1n) is 8.70. The van der Waals surface area contributed by atoms with Gasteiger partial charge in [-0.1, -0.05) is 18.2 Å². The van der Waals surface area contributed by atoms with Crippen LogP contribution in [0.1, 0.15) is 31.9 Å². The minimum atomic E-state index is -1.06. The molecule has 1 spiro atoms. The van der Waals surface area contributed by atoms with E-state index in [4.69, 9.17) is 9.15 Å². The molecule has 3 heterocycles. The van der Waals surface area contributed by atoms with Gasteiger partial charge in [0.1, 0.15) is 17.4 Å². The normalized spacial score (nSPS) is 30.9. The molecule has 0 bridgehead atoms. The lowest BCUT2D eigenvalue weighted by atomic mass is 9.76. The van der Waals surface area contributed by atoms with Crippen LogP contribution < -0.4 is 0 Å². The summed E-state index contributed by atoms with van der Waals surface area (Å²) in [6.45, 7) is 4.54. The zero-order valence-corrected chi connectivity index (χ0v) is 14.1. The zero-order valence-electron chi connectivity index (χ0n) is 14.1. The van der Waals surface area contributed by atoms with Crippen molar-refractivity contribution in [2.45, 2.75) is 50.0 Å². The molecule has 2 atom stereocenters. The van der Waals surface area contributed by atoms with E-state index < -0.39 is 11.7 Å². The van der Waals surface area contributed by atoms with Crippen molar-refractivity contribution < 1.29 is 19.4 Å². The number of aliphatic hydroxyl groups is 2. The Morgan fingerprint density at radius 1 is 1.25 bits per heavy atom. The highest BCUT2D eigenvalue weighted by molar-refractivity contribution is 5.77. The number of nitrogens with zero attached hydrogens (tertiary/aromatic N) is 1. The molecule has 0 unspecified atom stereocenters. The summed E-state index contributed by atoms with van der Waals surface area (Å²) >= 11 is 0. The number of piperidine rings is 1. The number of fused-ring (bicyclic) bond motifs is 1. The van der Waals surface area contributed by atoms with Crippen molar-refractivity contribution in [2.75, 3.05) is 19.7 Å². The minimum absolute atomic E-state index is 0.219. The lowest BCUT2D eigenvalue weighted by Crippen LogP contribution is -2.59. The summed E-state index contributed by atoms with van der Waals surface area (Å²) in [6.07, 6.45) is 1.45. The fraction of sp³-hybridized carbons (Fsp3) is 0.579. The van der Waals surface area contributed by atoms with Crippen molar-refractivity contribution in [1.82, 2.24) is 4.90 Å². The molecule has 2 saturated heterocycles. The topological polar surface area (TPSA) is 66.1 Å². The van der Waals surface area contributed by atoms with E-state index in [-0.39, 0.29) is 12.2 Å². The van der Waals surface area contributed by atoms with Gasteiger partial charge >= 0.3 is 0 Å². The molecule has 2 aliphatic heterocycles. The summed E-state index contributed by atoms with van der Waals surface area (Å²) in [4.78, 5) is 2.37. The molecule has 2 aromatic rings. The third-order valence-corrected chi connectivity index (χ3v) is 5.57. The molecule has 0 aliphatic carbocycles. The van der Waals surface area contributed by atoms with Crippen LogP contribution in [0.5, 0.6) is 0 Å². The van der Waals surface area contributed by atoms with Crippen molar-refractivity contribution in [3.05, 3.63) is 36.1 Å². The molecule has 0 radical (unpaired) electrons. The lowest BCUT2D eigenvalue weighted by molar-refractivity contribution is -0.223. The number of furan rings is 1. The average molecular weight is 331 g/mol. The van der Waals surface area contributed by atoms with Gasteiger partial charge in [0, 0.05) is 24.9 Å². The third kappa shape index (κ3) is 2.97. The van der Waals surface area contributed by atoms with Gasteiger partial charge in [-0.3, -0.25) is 4.90 Å². The summed E-state index contributed by atoms with van der Waals surface area (Å²) in [7, 11) is 0. The maximum atomic E-state index is 10.4. The summed E-state index contributed by atoms with van der Waals surface area (Å²) in [5.41, 5.74) is -0.423. The fourth-order valence-electron chi connectivity index (χ4n) is 4.03. The molecule has 1 aromatic heterocycles. The van der Waals surface area contributed by atoms with Gasteiger partial charge in [0.15, 0.2) is 0 Å². The monoisotopic (exact) mass is 331 g/mol. The Morgan fingerprint density at radius 2 is 2.00 bits per heavy atom. The number of para-hydroxylation sites is 1. The van der Waals surface area contributed by atoms with Crippen LogP contribution in [-0.2, 0) is 11.3 Å². The van der Waals surface area contributed by atoms with Gasteiger partial charge in [0.2, 0.25) is 0 Å². The smallest absolute Gasteiger partial charge is 0.134 e. The number of ether oxygens (including phenoxy) is 1. The van der Waals surface area contributed by atoms with Crippen LogP contribution in [0.2, 0.25) is 0 Å². The quantitative estimate of drug-likeness (QED) is 0.884. The predicted molar refractivity (Wildman–Crippen MR) is 90.7 cm³/mol. The van der Waals surface area contributed by atoms with Crippen LogP contribution in [-0.4, -0.2) is 52.1 Å². The summed E-state index contributed by atoms with van der Waals surface area (Å²) in [6, 6.07) is 10.2. The molecule has 2 N–H and O–H groups in total. The summed E-state index contributed by atoms with van der Waals surface area (Å²) in [5.74, 6) is 0.985. The van der Waals surface area contributed by atoms with Crippen LogP contribution in [0.25, 0.3) is 11.0 Å². The van der Waals surface area contributed by atoms with E-state index >= 15 is 0 Å². The van der Waals surface area contributed by atoms with E-state index in [2.05, 4.69) is 17.0 Å². The van der Waals surface area contributed by atoms with Gasteiger partial charge in [-0.15, -0.1) is 0 Å². The van der Waals surface area contributed by atoms with Gasteiger partial charge < -0.3 is 19.4 Å². The van der Waals surface area contributed by atoms with Crippen LogP contribution >= 0.6 is 0 Å². The highest BCUT2D eigenvalue weighted by Crippen LogP contribution is 2.39. The Bertz CT molecular complexity index is 682. The van der Waals surface area contributed by atoms with Crippen molar-refractivity contribution in [3.63, 3.8) is 0 Å². The van der Waals surface area contributed by atoms with Crippen LogP contribution in [0, 0.1) is 0 Å². The molecule has 0 saturated carbocycles. The molecule has 130 valence electrons. The molecule has 2 aliphatic rings. The molecule has 5 heteroatoms. The van der Waals surface area contributed by atoms with Gasteiger partial charge in [-0.05, 0) is 31.9 Å². The Kier molecular flexibility index (Phi) is 3.92. The number of likely N-dealkylation sites (tertiary alicyclic amines) is 1. The molecular weight excluding hydrogens is 306 g/mol. The van der Waals surface area contributed by atoms with E-state index in [1.807, 2.05) is 18.2 Å². The molecule has 5 nitrogen and oxygen atoms in total. The molecule has 1 aromatic carbocycles. The SMILES string of the molecule is C[C@]1(O)CC2(CCN(Cc3cc4ccccc4o3)CC2)OC[C@@H]1O. The molecule has 2 fully saturated rings. The zero-order chi connectivity index (χ0) is 16.8. The number of benzene rings is 1. The van der Waals surface area contributed by atoms with Crippen molar-refractivity contribution in [2.24, 2.45) is 0 Å². The Labute approximate surface area is 141 Å². The predicted octanol–water partition coefficient (Wildman–Crippen LogP) is 2.30. The maximum absolute atomic E-state index is 10.4. The van der Waals surface area contributed by atoms with Gasteiger partial charge in [-0.25, -0.2) is 0 Å². The number of aliphatic hydroxyl groups excluding tert-OH is 1. The standard InChI is InChI=1S/C19H25NO4/c1-18(22)13-19(23-12-17(18)21)6-8-20(9-7-19)11-15-10-14-4-2-3-5-16(14)24-15/h2-5,10,17,21-22H,6-9,11-13H2,1H3/t17-,18-/m0/s1. The third-order valence-electron chi connectivity index (χ3n) is 5.57. The lowest BCUT2D eigenvalue weighted by Gasteiger charge is -2.49. The van der Waals surface area contributed by atoms with E-state index in [1.54, 1.807) is 6.92 Å². The second kappa shape index (κ2) is 5.85. The van der Waals surface area contributed by atoms with E-state index in [0.717, 1.165) is 49.2 Å². The first-order valence-corrected chi connectivity index (χ1v) is 8.70. The molecular formula is C19H25NO4. The molecule has 24 heavy (non-hydrogen) atoms. The van der Waals surface area contributed by atoms with E-state index in [0.29, 0.717) is 6.42 Å². The number of hydrogen-bond donors (Lipinski definition) is 2. The first-order chi connectivity index (χ1) is 11.5. The summed E-state index contributed by atoms with van der Waals surface area (Å²) < 4.78 is 11.8. The van der Waals surface area contributed by atoms with E-state index in [9.17, 15) is 10.2 Å². The summed E-state index contributed by atoms with van der Waals surface area (Å²) in [5, 5.41) is 21.4. The number of hydrogen-bond acceptors (Lipinski definition) is 5. The second-order valence-electron chi connectivity index (χ2n) is 7.57. The van der Waals surface area contributed by atoms with Gasteiger partial charge in [0.05, 0.1) is 24.4 Å². The van der Waals surface area contributed by atoms with Crippen molar-refractivity contribution in [1.29, 1.82) is 0 Å². The molecule has 0 amide bonds. The average Bonchev–Trinajstić information content (AvgIpc) is 2.96. The van der Waals surface area contributed by atoms with Crippen LogP contribution in [0.15, 0.2) is 34.7 Å². The minimum Gasteiger partial charge on any atom is -0.460 e. The number of rotatable bonds is 2. The Hall–Kier alpha value is -1.40. The van der Waals surface area contributed by atoms with E-state index in [1.165, 1.54) is 0 Å². The van der Waals surface area contributed by atoms with Crippen LogP contribution in [0.3, 0.4) is 0 Å².